The van der Waals surface area contributed by atoms with Gasteiger partial charge in [0.2, 0.25) is 11.8 Å². The van der Waals surface area contributed by atoms with Gasteiger partial charge in [-0.05, 0) is 32.2 Å². The van der Waals surface area contributed by atoms with Gasteiger partial charge in [-0.15, -0.1) is 21.5 Å². The van der Waals surface area contributed by atoms with E-state index in [9.17, 15) is 9.59 Å². The van der Waals surface area contributed by atoms with Gasteiger partial charge in [0.25, 0.3) is 11.1 Å². The summed E-state index contributed by atoms with van der Waals surface area (Å²) in [5.41, 5.74) is -0.322. The van der Waals surface area contributed by atoms with Gasteiger partial charge in [0.15, 0.2) is 0 Å². The first-order chi connectivity index (χ1) is 11.2. The third-order valence-electron chi connectivity index (χ3n) is 2.78. The van der Waals surface area contributed by atoms with Gasteiger partial charge in [-0.25, -0.2) is 0 Å². The molecule has 2 heterocycles. The Balaban J connectivity index is 1.81. The van der Waals surface area contributed by atoms with E-state index in [0.717, 1.165) is 16.6 Å². The van der Waals surface area contributed by atoms with E-state index in [0.29, 0.717) is 11.1 Å². The maximum atomic E-state index is 12.1. The number of nitrogens with one attached hydrogen (secondary N) is 1. The highest BCUT2D eigenvalue weighted by Gasteiger charge is 2.19. The molecule has 0 fully saturated rings. The van der Waals surface area contributed by atoms with E-state index >= 15 is 0 Å². The summed E-state index contributed by atoms with van der Waals surface area (Å²) in [4.78, 5) is 26.2. The molecule has 2 aromatic heterocycles. The van der Waals surface area contributed by atoms with Crippen LogP contribution >= 0.6 is 23.1 Å². The average Bonchev–Trinajstić information content (AvgIpc) is 3.13. The zero-order chi connectivity index (χ0) is 17.7. The minimum absolute atomic E-state index is 0.0148. The summed E-state index contributed by atoms with van der Waals surface area (Å²) >= 11 is 2.66. The monoisotopic (exact) mass is 368 g/mol. The molecule has 130 valence electrons. The third kappa shape index (κ3) is 5.64. The van der Waals surface area contributed by atoms with E-state index in [1.165, 1.54) is 16.2 Å². The molecule has 0 bridgehead atoms. The molecule has 2 rings (SSSR count). The molecule has 0 aliphatic rings. The van der Waals surface area contributed by atoms with E-state index < -0.39 is 0 Å². The van der Waals surface area contributed by atoms with E-state index in [2.05, 4.69) is 15.5 Å². The molecule has 0 aliphatic heterocycles. The number of nitrogens with zero attached hydrogens (tertiary/aromatic N) is 3. The van der Waals surface area contributed by atoms with Crippen molar-refractivity contribution in [2.24, 2.45) is 0 Å². The molecule has 0 aliphatic carbocycles. The third-order valence-corrected chi connectivity index (χ3v) is 4.44. The zero-order valence-electron chi connectivity index (χ0n) is 14.0. The molecular formula is C15H20N4O3S2. The van der Waals surface area contributed by atoms with Crippen LogP contribution < -0.4 is 5.32 Å². The number of aromatic nitrogens is 2. The van der Waals surface area contributed by atoms with Crippen LogP contribution in [0.25, 0.3) is 10.8 Å². The molecular weight excluding hydrogens is 348 g/mol. The van der Waals surface area contributed by atoms with Gasteiger partial charge in [-0.1, -0.05) is 17.8 Å². The summed E-state index contributed by atoms with van der Waals surface area (Å²) in [5.74, 6) is 0.199. The molecule has 0 unspecified atom stereocenters. The van der Waals surface area contributed by atoms with Gasteiger partial charge < -0.3 is 14.6 Å². The number of carbonyl (C=O) groups excluding carboxylic acids is 2. The Hall–Kier alpha value is -1.87. The van der Waals surface area contributed by atoms with Crippen LogP contribution in [-0.2, 0) is 9.59 Å². The first kappa shape index (κ1) is 18.5. The van der Waals surface area contributed by atoms with E-state index in [1.54, 1.807) is 7.05 Å². The summed E-state index contributed by atoms with van der Waals surface area (Å²) in [6, 6.07) is 3.79. The quantitative estimate of drug-likeness (QED) is 0.787. The lowest BCUT2D eigenvalue weighted by Gasteiger charge is -2.23. The lowest BCUT2D eigenvalue weighted by molar-refractivity contribution is -0.133. The minimum Gasteiger partial charge on any atom is -0.410 e. The van der Waals surface area contributed by atoms with Crippen molar-refractivity contribution in [2.45, 2.75) is 31.5 Å². The minimum atomic E-state index is -0.322. The van der Waals surface area contributed by atoms with Crippen molar-refractivity contribution in [2.75, 3.05) is 19.3 Å². The van der Waals surface area contributed by atoms with Crippen molar-refractivity contribution in [1.29, 1.82) is 0 Å². The molecule has 0 saturated carbocycles. The molecule has 2 aromatic rings. The fourth-order valence-corrected chi connectivity index (χ4v) is 3.11. The summed E-state index contributed by atoms with van der Waals surface area (Å²) in [6.45, 7) is 5.69. The van der Waals surface area contributed by atoms with Crippen LogP contribution in [0.1, 0.15) is 20.8 Å². The molecule has 0 radical (unpaired) electrons. The van der Waals surface area contributed by atoms with Crippen molar-refractivity contribution < 1.29 is 14.0 Å². The van der Waals surface area contributed by atoms with Gasteiger partial charge in [0.05, 0.1) is 17.2 Å². The molecule has 0 atom stereocenters. The predicted octanol–water partition coefficient (Wildman–Crippen LogP) is 2.26. The van der Waals surface area contributed by atoms with Crippen molar-refractivity contribution >= 4 is 34.9 Å². The van der Waals surface area contributed by atoms with Crippen LogP contribution in [-0.4, -0.2) is 51.8 Å². The zero-order valence-corrected chi connectivity index (χ0v) is 15.7. The second kappa shape index (κ2) is 7.80. The smallest absolute Gasteiger partial charge is 0.277 e. The summed E-state index contributed by atoms with van der Waals surface area (Å²) < 4.78 is 5.51. The summed E-state index contributed by atoms with van der Waals surface area (Å²) in [5, 5.41) is 12.9. The standard InChI is InChI=1S/C15H20N4O3S2/c1-15(2,3)16-11(20)8-19(4)12(21)9-24-14-18-17-13(22-14)10-6-5-7-23-10/h5-7H,8-9H2,1-4H3,(H,16,20). The number of amides is 2. The lowest BCUT2D eigenvalue weighted by Crippen LogP contribution is -2.46. The van der Waals surface area contributed by atoms with E-state index in [-0.39, 0.29) is 29.7 Å². The van der Waals surface area contributed by atoms with Crippen LogP contribution in [0.2, 0.25) is 0 Å². The number of rotatable bonds is 6. The number of hydrogen-bond donors (Lipinski definition) is 1. The number of thiophene rings is 1. The van der Waals surface area contributed by atoms with Crippen LogP contribution in [0, 0.1) is 0 Å². The van der Waals surface area contributed by atoms with Gasteiger partial charge in [0, 0.05) is 12.6 Å². The first-order valence-electron chi connectivity index (χ1n) is 7.30. The van der Waals surface area contributed by atoms with Gasteiger partial charge in [-0.3, -0.25) is 9.59 Å². The second-order valence-corrected chi connectivity index (χ2v) is 8.06. The normalized spacial score (nSPS) is 11.3. The highest BCUT2D eigenvalue weighted by molar-refractivity contribution is 7.99. The highest BCUT2D eigenvalue weighted by Crippen LogP contribution is 2.26. The lowest BCUT2D eigenvalue weighted by atomic mass is 10.1. The Morgan fingerprint density at radius 2 is 2.12 bits per heavy atom. The van der Waals surface area contributed by atoms with Crippen LogP contribution in [0.4, 0.5) is 0 Å². The Morgan fingerprint density at radius 3 is 2.75 bits per heavy atom. The van der Waals surface area contributed by atoms with Crippen molar-refractivity contribution in [3.63, 3.8) is 0 Å². The highest BCUT2D eigenvalue weighted by atomic mass is 32.2. The fraction of sp³-hybridized carbons (Fsp3) is 0.467. The molecule has 24 heavy (non-hydrogen) atoms. The van der Waals surface area contributed by atoms with Crippen LogP contribution in [0.5, 0.6) is 0 Å². The second-order valence-electron chi connectivity index (χ2n) is 6.19. The summed E-state index contributed by atoms with van der Waals surface area (Å²) in [6.07, 6.45) is 0. The number of hydrogen-bond acceptors (Lipinski definition) is 7. The summed E-state index contributed by atoms with van der Waals surface area (Å²) in [7, 11) is 1.59. The fourth-order valence-electron chi connectivity index (χ4n) is 1.76. The number of carbonyl (C=O) groups is 2. The Kier molecular flexibility index (Phi) is 6.00. The Labute approximate surface area is 148 Å². The first-order valence-corrected chi connectivity index (χ1v) is 9.16. The molecule has 1 N–H and O–H groups in total. The van der Waals surface area contributed by atoms with E-state index in [4.69, 9.17) is 4.42 Å². The maximum absolute atomic E-state index is 12.1. The van der Waals surface area contributed by atoms with Gasteiger partial charge in [0.1, 0.15) is 0 Å². The molecule has 0 saturated heterocycles. The van der Waals surface area contributed by atoms with Crippen LogP contribution in [0.3, 0.4) is 0 Å². The average molecular weight is 368 g/mol. The molecule has 7 nitrogen and oxygen atoms in total. The number of thioether (sulfide) groups is 1. The van der Waals surface area contributed by atoms with Crippen LogP contribution in [0.15, 0.2) is 27.2 Å². The molecule has 9 heteroatoms. The topological polar surface area (TPSA) is 88.3 Å². The SMILES string of the molecule is CN(CC(=O)NC(C)(C)C)C(=O)CSc1nnc(-c2cccs2)o1. The maximum Gasteiger partial charge on any atom is 0.277 e. The molecule has 0 spiro atoms. The van der Waals surface area contributed by atoms with Crippen molar-refractivity contribution in [3.8, 4) is 10.8 Å². The largest absolute Gasteiger partial charge is 0.410 e. The predicted molar refractivity (Wildman–Crippen MR) is 93.9 cm³/mol. The van der Waals surface area contributed by atoms with Gasteiger partial charge >= 0.3 is 0 Å². The van der Waals surface area contributed by atoms with Crippen molar-refractivity contribution in [3.05, 3.63) is 17.5 Å². The number of likely N-dealkylation sites (N-methyl/N-ethyl adjacent to an activating group) is 1. The van der Waals surface area contributed by atoms with Crippen molar-refractivity contribution in [1.82, 2.24) is 20.4 Å². The Bertz CT molecular complexity index is 692. The molecule has 2 amide bonds. The molecule has 0 aromatic carbocycles. The Morgan fingerprint density at radius 1 is 1.38 bits per heavy atom. The van der Waals surface area contributed by atoms with Gasteiger partial charge in [-0.2, -0.15) is 0 Å². The van der Waals surface area contributed by atoms with E-state index in [1.807, 2.05) is 38.3 Å².